The van der Waals surface area contributed by atoms with Crippen molar-refractivity contribution in [1.82, 2.24) is 15.2 Å². The molecule has 0 bridgehead atoms. The highest BCUT2D eigenvalue weighted by Crippen LogP contribution is 2.48. The van der Waals surface area contributed by atoms with Gasteiger partial charge in [0.1, 0.15) is 5.82 Å². The molecule has 0 radical (unpaired) electrons. The number of carbonyl (C=O) groups excluding carboxylic acids is 2. The maximum Gasteiger partial charge on any atom is 0.405 e. The first kappa shape index (κ1) is 31.2. The van der Waals surface area contributed by atoms with E-state index in [9.17, 15) is 24.6 Å². The molecular formula is C35H42N4O5. The zero-order valence-electron chi connectivity index (χ0n) is 25.7. The normalized spacial score (nSPS) is 24.5. The molecule has 5 rings (SSSR count). The topological polar surface area (TPSA) is 132 Å². The average molecular weight is 599 g/mol. The summed E-state index contributed by atoms with van der Waals surface area (Å²) in [6.07, 6.45) is 5.82. The number of carbonyl (C=O) groups is 3. The van der Waals surface area contributed by atoms with Gasteiger partial charge >= 0.3 is 6.09 Å². The summed E-state index contributed by atoms with van der Waals surface area (Å²) in [7, 11) is 1.88. The number of hydrogen-bond acceptors (Lipinski definition) is 5. The number of rotatable bonds is 9. The zero-order valence-corrected chi connectivity index (χ0v) is 25.7. The molecule has 2 aliphatic carbocycles. The van der Waals surface area contributed by atoms with Gasteiger partial charge in [-0.25, -0.2) is 9.78 Å². The van der Waals surface area contributed by atoms with Gasteiger partial charge in [0, 0.05) is 50.5 Å². The molecule has 2 aliphatic rings. The van der Waals surface area contributed by atoms with E-state index in [2.05, 4.69) is 15.6 Å². The predicted molar refractivity (Wildman–Crippen MR) is 170 cm³/mol. The summed E-state index contributed by atoms with van der Waals surface area (Å²) >= 11 is 0. The summed E-state index contributed by atoms with van der Waals surface area (Å²) in [5, 5.41) is 25.4. The maximum atomic E-state index is 13.1. The smallest absolute Gasteiger partial charge is 0.405 e. The van der Waals surface area contributed by atoms with Crippen LogP contribution in [-0.2, 0) is 15.1 Å². The van der Waals surface area contributed by atoms with E-state index in [-0.39, 0.29) is 23.8 Å². The number of benzene rings is 2. The third-order valence-electron chi connectivity index (χ3n) is 9.25. The van der Waals surface area contributed by atoms with Crippen LogP contribution in [0.2, 0.25) is 0 Å². The Bertz CT molecular complexity index is 1490. The van der Waals surface area contributed by atoms with E-state index in [4.69, 9.17) is 0 Å². The lowest BCUT2D eigenvalue weighted by molar-refractivity contribution is -0.132. The highest BCUT2D eigenvalue weighted by atomic mass is 16.4. The quantitative estimate of drug-likeness (QED) is 0.233. The first-order valence-electron chi connectivity index (χ1n) is 15.4. The van der Waals surface area contributed by atoms with Crippen molar-refractivity contribution in [3.8, 4) is 22.3 Å². The van der Waals surface area contributed by atoms with Crippen LogP contribution in [0.25, 0.3) is 22.3 Å². The van der Waals surface area contributed by atoms with Crippen molar-refractivity contribution in [3.63, 3.8) is 0 Å². The van der Waals surface area contributed by atoms with Crippen molar-refractivity contribution in [2.24, 2.45) is 5.92 Å². The summed E-state index contributed by atoms with van der Waals surface area (Å²) in [6, 6.07) is 19.7. The van der Waals surface area contributed by atoms with Crippen molar-refractivity contribution < 1.29 is 24.6 Å². The second kappa shape index (κ2) is 12.8. The van der Waals surface area contributed by atoms with Gasteiger partial charge in [-0.05, 0) is 66.8 Å². The standard InChI is InChI=1S/C35H42N4O5/c1-4-32(41)39(3)27-16-10-23(11-17-27)18-31(40)37-30-19-28(24-8-6-5-7-9-24)29(20-36-30)25-12-14-26(15-13-25)35(38-33(42)43)21-34(2,44)22-35/h5-9,12-15,19-20,23,27,38,44H,4,10-11,16-18,21-22H2,1-3H3,(H,42,43)(H,36,37,40). The minimum Gasteiger partial charge on any atom is -0.465 e. The maximum absolute atomic E-state index is 13.1. The Morgan fingerprint density at radius 2 is 1.59 bits per heavy atom. The van der Waals surface area contributed by atoms with Crippen LogP contribution in [0.4, 0.5) is 10.6 Å². The van der Waals surface area contributed by atoms with Crippen molar-refractivity contribution in [1.29, 1.82) is 0 Å². The number of aliphatic hydroxyl groups is 1. The summed E-state index contributed by atoms with van der Waals surface area (Å²) in [6.45, 7) is 3.59. The largest absolute Gasteiger partial charge is 0.465 e. The molecule has 2 aromatic carbocycles. The lowest BCUT2D eigenvalue weighted by Gasteiger charge is -2.51. The third kappa shape index (κ3) is 6.94. The van der Waals surface area contributed by atoms with Crippen LogP contribution in [0.15, 0.2) is 66.9 Å². The first-order chi connectivity index (χ1) is 21.0. The van der Waals surface area contributed by atoms with Gasteiger partial charge in [0.15, 0.2) is 0 Å². The fraction of sp³-hybridized carbons (Fsp3) is 0.429. The molecular weight excluding hydrogens is 556 g/mol. The van der Waals surface area contributed by atoms with Crippen LogP contribution >= 0.6 is 0 Å². The molecule has 9 nitrogen and oxygen atoms in total. The molecule has 3 aromatic rings. The van der Waals surface area contributed by atoms with Crippen LogP contribution in [0.5, 0.6) is 0 Å². The number of anilines is 1. The number of nitrogens with one attached hydrogen (secondary N) is 2. The minimum atomic E-state index is -1.12. The first-order valence-corrected chi connectivity index (χ1v) is 15.4. The second-order valence-corrected chi connectivity index (χ2v) is 12.7. The number of aromatic nitrogens is 1. The fourth-order valence-electron chi connectivity index (χ4n) is 7.04. The lowest BCUT2D eigenvalue weighted by atomic mass is 9.62. The Labute approximate surface area is 258 Å². The van der Waals surface area contributed by atoms with Gasteiger partial charge in [0.05, 0.1) is 11.1 Å². The molecule has 9 heteroatoms. The van der Waals surface area contributed by atoms with E-state index in [1.165, 1.54) is 0 Å². The Morgan fingerprint density at radius 3 is 2.18 bits per heavy atom. The SMILES string of the molecule is CCC(=O)N(C)C1CCC(CC(=O)Nc2cc(-c3ccccc3)c(-c3ccc(C4(NC(=O)O)CC(C)(O)C4)cc3)cn2)CC1. The molecule has 3 amide bonds. The highest BCUT2D eigenvalue weighted by molar-refractivity contribution is 5.92. The summed E-state index contributed by atoms with van der Waals surface area (Å²) in [5.74, 6) is 0.860. The highest BCUT2D eigenvalue weighted by Gasteiger charge is 2.53. The number of hydrogen-bond donors (Lipinski definition) is 4. The predicted octanol–water partition coefficient (Wildman–Crippen LogP) is 6.18. The summed E-state index contributed by atoms with van der Waals surface area (Å²) in [4.78, 5) is 43.1. The molecule has 44 heavy (non-hydrogen) atoms. The summed E-state index contributed by atoms with van der Waals surface area (Å²) in [5.41, 5.74) is 2.72. The van der Waals surface area contributed by atoms with Crippen molar-refractivity contribution >= 4 is 23.7 Å². The molecule has 1 aromatic heterocycles. The molecule has 1 heterocycles. The summed E-state index contributed by atoms with van der Waals surface area (Å²) < 4.78 is 0. The fourth-order valence-corrected chi connectivity index (χ4v) is 7.04. The van der Waals surface area contributed by atoms with E-state index >= 15 is 0 Å². The van der Waals surface area contributed by atoms with Crippen LogP contribution in [-0.4, -0.2) is 56.7 Å². The number of nitrogens with zero attached hydrogens (tertiary/aromatic N) is 2. The third-order valence-corrected chi connectivity index (χ3v) is 9.25. The van der Waals surface area contributed by atoms with Gasteiger partial charge in [0.25, 0.3) is 0 Å². The minimum absolute atomic E-state index is 0.0670. The molecule has 2 saturated carbocycles. The molecule has 0 atom stereocenters. The van der Waals surface area contributed by atoms with Gasteiger partial charge in [0.2, 0.25) is 11.8 Å². The molecule has 0 unspecified atom stereocenters. The molecule has 0 spiro atoms. The Balaban J connectivity index is 1.31. The van der Waals surface area contributed by atoms with E-state index in [0.29, 0.717) is 31.5 Å². The average Bonchev–Trinajstić information content (AvgIpc) is 3.00. The monoisotopic (exact) mass is 598 g/mol. The second-order valence-electron chi connectivity index (χ2n) is 12.7. The van der Waals surface area contributed by atoms with Crippen LogP contribution in [0, 0.1) is 5.92 Å². The molecule has 0 saturated heterocycles. The van der Waals surface area contributed by atoms with Gasteiger partial charge in [-0.1, -0.05) is 61.5 Å². The number of amides is 3. The van der Waals surface area contributed by atoms with Crippen molar-refractivity contribution in [3.05, 3.63) is 72.4 Å². The van der Waals surface area contributed by atoms with Crippen molar-refractivity contribution in [2.45, 2.75) is 82.4 Å². The molecule has 232 valence electrons. The van der Waals surface area contributed by atoms with E-state index in [1.54, 1.807) is 13.1 Å². The van der Waals surface area contributed by atoms with Gasteiger partial charge < -0.3 is 25.7 Å². The van der Waals surface area contributed by atoms with Gasteiger partial charge in [-0.2, -0.15) is 0 Å². The zero-order chi connectivity index (χ0) is 31.5. The van der Waals surface area contributed by atoms with E-state index < -0.39 is 17.2 Å². The van der Waals surface area contributed by atoms with Gasteiger partial charge in [-0.15, -0.1) is 0 Å². The van der Waals surface area contributed by atoms with Crippen molar-refractivity contribution in [2.75, 3.05) is 12.4 Å². The van der Waals surface area contributed by atoms with Crippen LogP contribution in [0.3, 0.4) is 0 Å². The number of pyridine rings is 1. The van der Waals surface area contributed by atoms with Crippen LogP contribution < -0.4 is 10.6 Å². The molecule has 0 aliphatic heterocycles. The Morgan fingerprint density at radius 1 is 0.955 bits per heavy atom. The van der Waals surface area contributed by atoms with E-state index in [1.807, 2.05) is 79.5 Å². The van der Waals surface area contributed by atoms with E-state index in [0.717, 1.165) is 53.5 Å². The van der Waals surface area contributed by atoms with Gasteiger partial charge in [-0.3, -0.25) is 9.59 Å². The molecule has 2 fully saturated rings. The Hall–Kier alpha value is -4.24. The number of carboxylic acid groups (broad SMARTS) is 1. The lowest BCUT2D eigenvalue weighted by Crippen LogP contribution is -2.61. The van der Waals surface area contributed by atoms with Crippen LogP contribution in [0.1, 0.15) is 70.8 Å². The molecule has 4 N–H and O–H groups in total. The Kier molecular flexibility index (Phi) is 9.06.